The van der Waals surface area contributed by atoms with Crippen molar-refractivity contribution in [3.05, 3.63) is 34.9 Å². The monoisotopic (exact) mass is 373 g/mol. The average molecular weight is 374 g/mol. The van der Waals surface area contributed by atoms with E-state index in [4.69, 9.17) is 4.43 Å². The molecule has 2 nitrogen and oxygen atoms in total. The smallest absolute Gasteiger partial charge is 0.413 e. The summed E-state index contributed by atoms with van der Waals surface area (Å²) in [7, 11) is -1.74. The number of piperidine rings is 1. The lowest BCUT2D eigenvalue weighted by molar-refractivity contribution is -0.138. The number of hydrogen-bond acceptors (Lipinski definition) is 2. The molecule has 2 rings (SSSR count). The van der Waals surface area contributed by atoms with Crippen LogP contribution in [-0.2, 0) is 17.1 Å². The van der Waals surface area contributed by atoms with Crippen molar-refractivity contribution in [3.63, 3.8) is 0 Å². The van der Waals surface area contributed by atoms with Gasteiger partial charge in [0.2, 0.25) is 0 Å². The summed E-state index contributed by atoms with van der Waals surface area (Å²) < 4.78 is 46.4. The molecule has 1 unspecified atom stereocenters. The maximum absolute atomic E-state index is 13.3. The molecule has 0 saturated carbocycles. The highest BCUT2D eigenvalue weighted by Gasteiger charge is 2.35. The molecule has 0 radical (unpaired) electrons. The van der Waals surface area contributed by atoms with Crippen LogP contribution < -0.4 is 0 Å². The van der Waals surface area contributed by atoms with Crippen LogP contribution in [-0.4, -0.2) is 32.4 Å². The average Bonchev–Trinajstić information content (AvgIpc) is 2.48. The third-order valence-electron chi connectivity index (χ3n) is 5.29. The molecule has 0 spiro atoms. The largest absolute Gasteiger partial charge is 0.416 e. The predicted octanol–water partition coefficient (Wildman–Crippen LogP) is 5.61. The van der Waals surface area contributed by atoms with Gasteiger partial charge in [0.25, 0.3) is 0 Å². The van der Waals surface area contributed by atoms with Crippen molar-refractivity contribution in [1.82, 2.24) is 4.90 Å². The van der Waals surface area contributed by atoms with Gasteiger partial charge >= 0.3 is 6.18 Å². The van der Waals surface area contributed by atoms with E-state index in [1.165, 1.54) is 6.07 Å². The van der Waals surface area contributed by atoms with Gasteiger partial charge in [0.15, 0.2) is 8.32 Å². The lowest BCUT2D eigenvalue weighted by Crippen LogP contribution is -2.46. The van der Waals surface area contributed by atoms with Gasteiger partial charge in [-0.2, -0.15) is 13.2 Å². The fourth-order valence-corrected chi connectivity index (χ4v) is 4.48. The van der Waals surface area contributed by atoms with E-state index in [1.54, 1.807) is 19.1 Å². The Morgan fingerprint density at radius 3 is 2.56 bits per heavy atom. The number of hydrogen-bond donors (Lipinski definition) is 0. The zero-order valence-electron chi connectivity index (χ0n) is 15.9. The third kappa shape index (κ3) is 5.56. The Morgan fingerprint density at radius 1 is 1.28 bits per heavy atom. The molecule has 0 N–H and O–H groups in total. The summed E-state index contributed by atoms with van der Waals surface area (Å²) in [5.74, 6) is 0. The maximum Gasteiger partial charge on any atom is 0.416 e. The van der Waals surface area contributed by atoms with Gasteiger partial charge < -0.3 is 4.43 Å². The van der Waals surface area contributed by atoms with E-state index in [9.17, 15) is 13.2 Å². The van der Waals surface area contributed by atoms with Gasteiger partial charge in [-0.25, -0.2) is 0 Å². The van der Waals surface area contributed by atoms with Crippen molar-refractivity contribution in [2.45, 2.75) is 71.1 Å². The standard InChI is InChI=1S/C19H30F3NOSi/c1-14(2)25(4,5)24-17-7-6-10-23(13-17)12-16-9-8-15(3)11-18(16)19(20,21)22/h8-9,11,14,17H,6-7,10,12-13H2,1-5H3. The van der Waals surface area contributed by atoms with Gasteiger partial charge in [-0.3, -0.25) is 4.90 Å². The highest BCUT2D eigenvalue weighted by molar-refractivity contribution is 6.72. The van der Waals surface area contributed by atoms with Crippen LogP contribution in [0, 0.1) is 6.92 Å². The van der Waals surface area contributed by atoms with Gasteiger partial charge in [0.05, 0.1) is 11.7 Å². The summed E-state index contributed by atoms with van der Waals surface area (Å²) in [5, 5.41) is 0. The molecule has 0 aromatic heterocycles. The van der Waals surface area contributed by atoms with Crippen molar-refractivity contribution >= 4 is 8.32 Å². The zero-order valence-corrected chi connectivity index (χ0v) is 16.9. The van der Waals surface area contributed by atoms with E-state index >= 15 is 0 Å². The third-order valence-corrected chi connectivity index (χ3v) is 9.01. The number of alkyl halides is 3. The van der Waals surface area contributed by atoms with Crippen LogP contribution in [0.2, 0.25) is 18.6 Å². The van der Waals surface area contributed by atoms with Gasteiger partial charge in [0, 0.05) is 13.1 Å². The summed E-state index contributed by atoms with van der Waals surface area (Å²) in [6.45, 7) is 12.4. The van der Waals surface area contributed by atoms with Crippen molar-refractivity contribution in [2.75, 3.05) is 13.1 Å². The van der Waals surface area contributed by atoms with Crippen LogP contribution in [0.1, 0.15) is 43.4 Å². The molecule has 1 atom stereocenters. The second-order valence-corrected chi connectivity index (χ2v) is 12.6. The van der Waals surface area contributed by atoms with Crippen molar-refractivity contribution < 1.29 is 17.6 Å². The van der Waals surface area contributed by atoms with Crippen LogP contribution in [0.25, 0.3) is 0 Å². The molecule has 142 valence electrons. The fourth-order valence-electron chi connectivity index (χ4n) is 3.15. The Bertz CT molecular complexity index is 587. The van der Waals surface area contributed by atoms with Crippen molar-refractivity contribution in [2.24, 2.45) is 0 Å². The molecule has 1 aromatic rings. The molecule has 0 bridgehead atoms. The number of aryl methyl sites for hydroxylation is 1. The van der Waals surface area contributed by atoms with Gasteiger partial charge in [-0.05, 0) is 56.6 Å². The minimum Gasteiger partial charge on any atom is -0.413 e. The number of rotatable bonds is 5. The number of benzene rings is 1. The molecule has 1 aromatic carbocycles. The van der Waals surface area contributed by atoms with Gasteiger partial charge in [-0.1, -0.05) is 31.5 Å². The van der Waals surface area contributed by atoms with E-state index in [2.05, 4.69) is 31.8 Å². The fraction of sp³-hybridized carbons (Fsp3) is 0.684. The topological polar surface area (TPSA) is 12.5 Å². The highest BCUT2D eigenvalue weighted by atomic mass is 28.4. The first-order valence-corrected chi connectivity index (χ1v) is 12.0. The number of likely N-dealkylation sites (tertiary alicyclic amines) is 1. The van der Waals surface area contributed by atoms with Gasteiger partial charge in [-0.15, -0.1) is 0 Å². The quantitative estimate of drug-likeness (QED) is 0.622. The Morgan fingerprint density at radius 2 is 1.96 bits per heavy atom. The Labute approximate surface area is 150 Å². The van der Waals surface area contributed by atoms with E-state index in [0.29, 0.717) is 29.8 Å². The highest BCUT2D eigenvalue weighted by Crippen LogP contribution is 2.34. The molecular weight excluding hydrogens is 343 g/mol. The first kappa shape index (κ1) is 20.5. The lowest BCUT2D eigenvalue weighted by atomic mass is 10.0. The first-order chi connectivity index (χ1) is 11.5. The zero-order chi connectivity index (χ0) is 18.8. The molecule has 25 heavy (non-hydrogen) atoms. The molecule has 1 saturated heterocycles. The Kier molecular flexibility index (Phi) is 6.38. The molecule has 1 heterocycles. The van der Waals surface area contributed by atoms with Crippen molar-refractivity contribution in [1.29, 1.82) is 0 Å². The SMILES string of the molecule is Cc1ccc(CN2CCCC(O[Si](C)(C)C(C)C)C2)c(C(F)(F)F)c1. The Hall–Kier alpha value is -0.853. The normalized spacial score (nSPS) is 20.3. The summed E-state index contributed by atoms with van der Waals surface area (Å²) in [6.07, 6.45) is -2.20. The second kappa shape index (κ2) is 7.80. The molecular formula is C19H30F3NOSi. The second-order valence-electron chi connectivity index (χ2n) is 8.03. The molecule has 6 heteroatoms. The molecule has 0 amide bonds. The van der Waals surface area contributed by atoms with Crippen LogP contribution in [0.4, 0.5) is 13.2 Å². The molecule has 1 aliphatic rings. The van der Waals surface area contributed by atoms with Crippen molar-refractivity contribution in [3.8, 4) is 0 Å². The summed E-state index contributed by atoms with van der Waals surface area (Å²) >= 11 is 0. The van der Waals surface area contributed by atoms with E-state index < -0.39 is 20.1 Å². The summed E-state index contributed by atoms with van der Waals surface area (Å²) in [6, 6.07) is 4.63. The van der Waals surface area contributed by atoms with E-state index in [1.807, 2.05) is 0 Å². The van der Waals surface area contributed by atoms with Crippen LogP contribution in [0.3, 0.4) is 0 Å². The van der Waals surface area contributed by atoms with Crippen LogP contribution >= 0.6 is 0 Å². The lowest BCUT2D eigenvalue weighted by Gasteiger charge is -2.38. The molecule has 0 aliphatic carbocycles. The molecule has 1 fully saturated rings. The van der Waals surface area contributed by atoms with Gasteiger partial charge in [0.1, 0.15) is 0 Å². The van der Waals surface area contributed by atoms with Crippen LogP contribution in [0.5, 0.6) is 0 Å². The van der Waals surface area contributed by atoms with E-state index in [0.717, 1.165) is 19.4 Å². The van der Waals surface area contributed by atoms with E-state index in [-0.39, 0.29) is 6.10 Å². The predicted molar refractivity (Wildman–Crippen MR) is 98.1 cm³/mol. The summed E-state index contributed by atoms with van der Waals surface area (Å²) in [5.41, 5.74) is 1.02. The van der Waals surface area contributed by atoms with Crippen LogP contribution in [0.15, 0.2) is 18.2 Å². The Balaban J connectivity index is 2.09. The number of nitrogens with zero attached hydrogens (tertiary/aromatic N) is 1. The maximum atomic E-state index is 13.3. The number of halogens is 3. The summed E-state index contributed by atoms with van der Waals surface area (Å²) in [4.78, 5) is 2.11. The minimum atomic E-state index is -4.31. The molecule has 1 aliphatic heterocycles. The minimum absolute atomic E-state index is 0.137. The first-order valence-electron chi connectivity index (χ1n) is 9.06.